The lowest BCUT2D eigenvalue weighted by molar-refractivity contribution is 0.0621. The molecule has 8 heteroatoms. The first-order chi connectivity index (χ1) is 15.3. The summed E-state index contributed by atoms with van der Waals surface area (Å²) in [6.45, 7) is 10.8. The molecule has 0 unspecified atom stereocenters. The molecule has 1 saturated heterocycles. The molecule has 0 radical (unpaired) electrons. The first-order valence-electron chi connectivity index (χ1n) is 11.0. The van der Waals surface area contributed by atoms with Gasteiger partial charge in [0.2, 0.25) is 0 Å². The molecule has 1 aliphatic rings. The first-order valence-corrected chi connectivity index (χ1v) is 11.0. The Morgan fingerprint density at radius 1 is 1.06 bits per heavy atom. The number of ether oxygens (including phenoxy) is 1. The zero-order valence-corrected chi connectivity index (χ0v) is 19.4. The van der Waals surface area contributed by atoms with E-state index in [0.717, 1.165) is 25.4 Å². The van der Waals surface area contributed by atoms with E-state index in [2.05, 4.69) is 48.0 Å². The summed E-state index contributed by atoms with van der Waals surface area (Å²) in [5.74, 6) is 0.755. The molecule has 3 aromatic rings. The minimum absolute atomic E-state index is 0.0284. The highest BCUT2D eigenvalue weighted by atomic mass is 16.5. The van der Waals surface area contributed by atoms with E-state index in [1.54, 1.807) is 16.9 Å². The van der Waals surface area contributed by atoms with Gasteiger partial charge in [-0.3, -0.25) is 14.4 Å². The van der Waals surface area contributed by atoms with Crippen LogP contribution in [0.1, 0.15) is 42.4 Å². The summed E-state index contributed by atoms with van der Waals surface area (Å²) in [4.78, 5) is 17.1. The number of hydrogen-bond donors (Lipinski definition) is 0. The van der Waals surface area contributed by atoms with E-state index in [4.69, 9.17) is 4.74 Å². The first kappa shape index (κ1) is 22.1. The molecule has 4 rings (SSSR count). The van der Waals surface area contributed by atoms with E-state index < -0.39 is 0 Å². The molecule has 8 nitrogen and oxygen atoms in total. The Morgan fingerprint density at radius 3 is 2.41 bits per heavy atom. The molecule has 1 amide bonds. The molecule has 0 N–H and O–H groups in total. The average molecular weight is 437 g/mol. The second-order valence-electron chi connectivity index (χ2n) is 9.38. The summed E-state index contributed by atoms with van der Waals surface area (Å²) in [5, 5.41) is 8.64. The molecule has 0 spiro atoms. The number of piperazine rings is 1. The fourth-order valence-electron chi connectivity index (χ4n) is 3.82. The van der Waals surface area contributed by atoms with Gasteiger partial charge in [0.05, 0.1) is 6.20 Å². The van der Waals surface area contributed by atoms with Gasteiger partial charge in [0.25, 0.3) is 5.91 Å². The molecule has 1 aliphatic heterocycles. The number of nitrogens with zero attached hydrogens (tertiary/aromatic N) is 6. The van der Waals surface area contributed by atoms with E-state index in [1.807, 2.05) is 41.2 Å². The smallest absolute Gasteiger partial charge is 0.274 e. The molecular formula is C24H32N6O2. The van der Waals surface area contributed by atoms with Crippen molar-refractivity contribution in [3.05, 3.63) is 65.7 Å². The lowest BCUT2D eigenvalue weighted by Gasteiger charge is -2.34. The molecule has 0 saturated carbocycles. The molecule has 1 aromatic carbocycles. The van der Waals surface area contributed by atoms with Crippen LogP contribution < -0.4 is 4.74 Å². The zero-order valence-electron chi connectivity index (χ0n) is 19.4. The maximum atomic E-state index is 12.9. The molecule has 2 aromatic heterocycles. The minimum atomic E-state index is -0.0284. The summed E-state index contributed by atoms with van der Waals surface area (Å²) >= 11 is 0. The van der Waals surface area contributed by atoms with Crippen LogP contribution in [-0.4, -0.2) is 61.4 Å². The molecule has 1 fully saturated rings. The van der Waals surface area contributed by atoms with Crippen LogP contribution in [0.25, 0.3) is 0 Å². The van der Waals surface area contributed by atoms with E-state index in [9.17, 15) is 4.79 Å². The molecule has 0 bridgehead atoms. The van der Waals surface area contributed by atoms with Gasteiger partial charge in [-0.25, -0.2) is 4.68 Å². The largest absolute Gasteiger partial charge is 0.471 e. The van der Waals surface area contributed by atoms with Crippen LogP contribution in [0.4, 0.5) is 0 Å². The summed E-state index contributed by atoms with van der Waals surface area (Å²) < 4.78 is 9.30. The van der Waals surface area contributed by atoms with E-state index >= 15 is 0 Å². The average Bonchev–Trinajstić information content (AvgIpc) is 3.41. The topological polar surface area (TPSA) is 68.4 Å². The Balaban J connectivity index is 1.26. The molecular weight excluding hydrogens is 404 g/mol. The lowest BCUT2D eigenvalue weighted by Crippen LogP contribution is -2.48. The maximum Gasteiger partial charge on any atom is 0.274 e. The fourth-order valence-corrected chi connectivity index (χ4v) is 3.82. The second kappa shape index (κ2) is 9.16. The predicted octanol–water partition coefficient (Wildman–Crippen LogP) is 2.91. The van der Waals surface area contributed by atoms with E-state index in [0.29, 0.717) is 18.8 Å². The maximum absolute atomic E-state index is 12.9. The predicted molar refractivity (Wildman–Crippen MR) is 122 cm³/mol. The number of carbonyl (C=O) groups is 1. The highest BCUT2D eigenvalue weighted by Crippen LogP contribution is 2.24. The van der Waals surface area contributed by atoms with Gasteiger partial charge >= 0.3 is 0 Å². The molecule has 0 aliphatic carbocycles. The monoisotopic (exact) mass is 436 g/mol. The highest BCUT2D eigenvalue weighted by Gasteiger charge is 2.24. The summed E-state index contributed by atoms with van der Waals surface area (Å²) in [5.41, 5.74) is 3.02. The summed E-state index contributed by atoms with van der Waals surface area (Å²) in [6.07, 6.45) is 5.71. The van der Waals surface area contributed by atoms with Crippen LogP contribution >= 0.6 is 0 Å². The Morgan fingerprint density at radius 2 is 1.78 bits per heavy atom. The van der Waals surface area contributed by atoms with Crippen LogP contribution in [0.2, 0.25) is 0 Å². The number of hydrogen-bond acceptors (Lipinski definition) is 5. The van der Waals surface area contributed by atoms with Crippen molar-refractivity contribution in [2.24, 2.45) is 7.05 Å². The Labute approximate surface area is 189 Å². The van der Waals surface area contributed by atoms with Gasteiger partial charge < -0.3 is 9.64 Å². The van der Waals surface area contributed by atoms with E-state index in [1.165, 1.54) is 11.1 Å². The molecule has 0 atom stereocenters. The summed E-state index contributed by atoms with van der Waals surface area (Å²) in [6, 6.07) is 9.88. The third kappa shape index (κ3) is 5.37. The summed E-state index contributed by atoms with van der Waals surface area (Å²) in [7, 11) is 1.92. The number of carbonyl (C=O) groups excluding carboxylic acids is 1. The van der Waals surface area contributed by atoms with Crippen LogP contribution in [0.3, 0.4) is 0 Å². The van der Waals surface area contributed by atoms with Gasteiger partial charge in [0, 0.05) is 57.7 Å². The Hall–Kier alpha value is -3.13. The van der Waals surface area contributed by atoms with Gasteiger partial charge in [0.1, 0.15) is 5.75 Å². The molecule has 3 heterocycles. The van der Waals surface area contributed by atoms with Crippen molar-refractivity contribution in [3.8, 4) is 5.75 Å². The van der Waals surface area contributed by atoms with Crippen LogP contribution in [-0.2, 0) is 25.7 Å². The number of rotatable bonds is 6. The van der Waals surface area contributed by atoms with Gasteiger partial charge in [0.15, 0.2) is 12.4 Å². The number of benzene rings is 1. The van der Waals surface area contributed by atoms with E-state index in [-0.39, 0.29) is 18.1 Å². The van der Waals surface area contributed by atoms with Crippen molar-refractivity contribution in [2.45, 2.75) is 39.5 Å². The standard InChI is InChI=1S/C24H32N6O2/c1-24(2,3)20-5-7-21(8-6-20)32-18-30-10-9-22(26-30)23(31)29-13-11-28(12-14-29)17-19-15-25-27(4)16-19/h5-10,15-16H,11-14,17-18H2,1-4H3. The van der Waals surface area contributed by atoms with Gasteiger partial charge in [-0.1, -0.05) is 32.9 Å². The number of amides is 1. The third-order valence-electron chi connectivity index (χ3n) is 5.77. The Bertz CT molecular complexity index is 1040. The van der Waals surface area contributed by atoms with Crippen molar-refractivity contribution in [2.75, 3.05) is 26.2 Å². The van der Waals surface area contributed by atoms with Gasteiger partial charge in [-0.15, -0.1) is 0 Å². The van der Waals surface area contributed by atoms with Gasteiger partial charge in [-0.2, -0.15) is 10.2 Å². The normalized spacial score (nSPS) is 15.2. The second-order valence-corrected chi connectivity index (χ2v) is 9.38. The van der Waals surface area contributed by atoms with Crippen LogP contribution in [0.15, 0.2) is 48.9 Å². The van der Waals surface area contributed by atoms with Gasteiger partial charge in [-0.05, 0) is 29.2 Å². The number of aryl methyl sites for hydroxylation is 1. The molecule has 170 valence electrons. The molecule has 32 heavy (non-hydrogen) atoms. The third-order valence-corrected chi connectivity index (χ3v) is 5.77. The highest BCUT2D eigenvalue weighted by molar-refractivity contribution is 5.92. The SMILES string of the molecule is Cn1cc(CN2CCN(C(=O)c3ccn(COc4ccc(C(C)(C)C)cc4)n3)CC2)cn1. The van der Waals surface area contributed by atoms with Crippen molar-refractivity contribution >= 4 is 5.91 Å². The van der Waals surface area contributed by atoms with Crippen molar-refractivity contribution in [1.82, 2.24) is 29.4 Å². The Kier molecular flexibility index (Phi) is 6.32. The number of aromatic nitrogens is 4. The lowest BCUT2D eigenvalue weighted by atomic mass is 9.87. The fraction of sp³-hybridized carbons (Fsp3) is 0.458. The van der Waals surface area contributed by atoms with Crippen LogP contribution in [0, 0.1) is 0 Å². The van der Waals surface area contributed by atoms with Crippen molar-refractivity contribution in [3.63, 3.8) is 0 Å². The zero-order chi connectivity index (χ0) is 22.7. The van der Waals surface area contributed by atoms with Crippen molar-refractivity contribution < 1.29 is 9.53 Å². The minimum Gasteiger partial charge on any atom is -0.471 e. The van der Waals surface area contributed by atoms with Crippen molar-refractivity contribution in [1.29, 1.82) is 0 Å². The quantitative estimate of drug-likeness (QED) is 0.594. The van der Waals surface area contributed by atoms with Crippen LogP contribution in [0.5, 0.6) is 5.75 Å².